The number of carbonyl (C=O) groups is 1. The lowest BCUT2D eigenvalue weighted by Crippen LogP contribution is -2.17. The summed E-state index contributed by atoms with van der Waals surface area (Å²) in [5.74, 6) is -0.534. The van der Waals surface area contributed by atoms with Crippen molar-refractivity contribution in [3.05, 3.63) is 62.8 Å². The largest absolute Gasteiger partial charge is 0.311 e. The molecule has 0 atom stereocenters. The highest BCUT2D eigenvalue weighted by atomic mass is 35.5. The van der Waals surface area contributed by atoms with Crippen LogP contribution < -0.4 is 5.32 Å². The SMILES string of the molecule is Cc1ccccc1CC(=O)Nc1nc(Cl)ccc1[N+](=O)[O-]. The van der Waals surface area contributed by atoms with Crippen molar-refractivity contribution in [1.29, 1.82) is 0 Å². The number of carbonyl (C=O) groups excluding carboxylic acids is 1. The van der Waals surface area contributed by atoms with Gasteiger partial charge in [-0.3, -0.25) is 14.9 Å². The summed E-state index contributed by atoms with van der Waals surface area (Å²) in [6.07, 6.45) is 0.109. The molecule has 2 aromatic rings. The van der Waals surface area contributed by atoms with Gasteiger partial charge in [-0.15, -0.1) is 0 Å². The minimum atomic E-state index is -0.618. The molecule has 0 spiro atoms. The molecule has 0 radical (unpaired) electrons. The first-order chi connectivity index (χ1) is 9.97. The van der Waals surface area contributed by atoms with E-state index in [1.807, 2.05) is 31.2 Å². The average Bonchev–Trinajstić information content (AvgIpc) is 2.41. The second-order valence-corrected chi connectivity index (χ2v) is 4.80. The number of hydrogen-bond donors (Lipinski definition) is 1. The summed E-state index contributed by atoms with van der Waals surface area (Å²) in [6, 6.07) is 9.93. The molecule has 6 nitrogen and oxygen atoms in total. The Labute approximate surface area is 125 Å². The first-order valence-corrected chi connectivity index (χ1v) is 6.50. The minimum Gasteiger partial charge on any atom is -0.305 e. The van der Waals surface area contributed by atoms with Gasteiger partial charge in [0.25, 0.3) is 0 Å². The molecule has 1 amide bonds. The molecule has 0 fully saturated rings. The van der Waals surface area contributed by atoms with E-state index < -0.39 is 4.92 Å². The number of pyridine rings is 1. The van der Waals surface area contributed by atoms with Crippen LogP contribution in [0.4, 0.5) is 11.5 Å². The molecule has 21 heavy (non-hydrogen) atoms. The maximum absolute atomic E-state index is 12.0. The highest BCUT2D eigenvalue weighted by Gasteiger charge is 2.18. The third-order valence-electron chi connectivity index (χ3n) is 2.91. The summed E-state index contributed by atoms with van der Waals surface area (Å²) in [5, 5.41) is 13.4. The number of nitrogens with one attached hydrogen (secondary N) is 1. The molecule has 108 valence electrons. The van der Waals surface area contributed by atoms with E-state index in [1.54, 1.807) is 0 Å². The normalized spacial score (nSPS) is 10.2. The van der Waals surface area contributed by atoms with E-state index in [1.165, 1.54) is 12.1 Å². The third-order valence-corrected chi connectivity index (χ3v) is 3.12. The highest BCUT2D eigenvalue weighted by molar-refractivity contribution is 6.29. The molecule has 0 saturated carbocycles. The zero-order valence-electron chi connectivity index (χ0n) is 11.2. The standard InChI is InChI=1S/C14H12ClN3O3/c1-9-4-2-3-5-10(9)8-13(19)17-14-11(18(20)21)6-7-12(15)16-14/h2-7H,8H2,1H3,(H,16,17,19). The van der Waals surface area contributed by atoms with E-state index in [9.17, 15) is 14.9 Å². The fraction of sp³-hybridized carbons (Fsp3) is 0.143. The third kappa shape index (κ3) is 3.76. The van der Waals surface area contributed by atoms with Crippen LogP contribution in [0.3, 0.4) is 0 Å². The Morgan fingerprint density at radius 3 is 2.71 bits per heavy atom. The molecule has 1 heterocycles. The van der Waals surface area contributed by atoms with Crippen molar-refractivity contribution in [2.24, 2.45) is 0 Å². The smallest absolute Gasteiger partial charge is 0.305 e. The summed E-state index contributed by atoms with van der Waals surface area (Å²) >= 11 is 5.71. The monoisotopic (exact) mass is 305 g/mol. The molecule has 7 heteroatoms. The maximum Gasteiger partial charge on any atom is 0.311 e. The van der Waals surface area contributed by atoms with Crippen molar-refractivity contribution in [2.45, 2.75) is 13.3 Å². The quantitative estimate of drug-likeness (QED) is 0.534. The van der Waals surface area contributed by atoms with Gasteiger partial charge in [0.15, 0.2) is 0 Å². The number of aryl methyl sites for hydroxylation is 1. The van der Waals surface area contributed by atoms with E-state index in [0.29, 0.717) is 0 Å². The van der Waals surface area contributed by atoms with Crippen molar-refractivity contribution < 1.29 is 9.72 Å². The Bertz CT molecular complexity index is 704. The van der Waals surface area contributed by atoms with Gasteiger partial charge in [0.2, 0.25) is 11.7 Å². The number of benzene rings is 1. The number of aromatic nitrogens is 1. The Balaban J connectivity index is 2.18. The summed E-state index contributed by atoms with van der Waals surface area (Å²) in [7, 11) is 0. The Morgan fingerprint density at radius 1 is 1.33 bits per heavy atom. The number of nitro groups is 1. The van der Waals surface area contributed by atoms with Gasteiger partial charge in [0.05, 0.1) is 11.3 Å². The molecule has 1 N–H and O–H groups in total. The number of amides is 1. The van der Waals surface area contributed by atoms with Crippen molar-refractivity contribution in [3.8, 4) is 0 Å². The number of halogens is 1. The fourth-order valence-corrected chi connectivity index (χ4v) is 1.97. The fourth-order valence-electron chi connectivity index (χ4n) is 1.82. The van der Waals surface area contributed by atoms with Crippen LogP contribution in [0.5, 0.6) is 0 Å². The number of rotatable bonds is 4. The molecule has 2 rings (SSSR count). The zero-order chi connectivity index (χ0) is 15.4. The van der Waals surface area contributed by atoms with Crippen LogP contribution >= 0.6 is 11.6 Å². The number of hydrogen-bond acceptors (Lipinski definition) is 4. The maximum atomic E-state index is 12.0. The van der Waals surface area contributed by atoms with E-state index in [4.69, 9.17) is 11.6 Å². The second kappa shape index (κ2) is 6.32. The van der Waals surface area contributed by atoms with Gasteiger partial charge >= 0.3 is 5.69 Å². The van der Waals surface area contributed by atoms with Crippen LogP contribution in [0.2, 0.25) is 5.15 Å². The summed E-state index contributed by atoms with van der Waals surface area (Å²) in [6.45, 7) is 1.89. The van der Waals surface area contributed by atoms with Crippen LogP contribution in [0, 0.1) is 17.0 Å². The summed E-state index contributed by atoms with van der Waals surface area (Å²) < 4.78 is 0. The predicted molar refractivity (Wildman–Crippen MR) is 79.4 cm³/mol. The van der Waals surface area contributed by atoms with Crippen molar-refractivity contribution >= 4 is 29.0 Å². The summed E-state index contributed by atoms with van der Waals surface area (Å²) in [4.78, 5) is 26.1. The van der Waals surface area contributed by atoms with Crippen LogP contribution in [0.15, 0.2) is 36.4 Å². The van der Waals surface area contributed by atoms with E-state index in [0.717, 1.165) is 11.1 Å². The van der Waals surface area contributed by atoms with Gasteiger partial charge < -0.3 is 5.32 Å². The molecular weight excluding hydrogens is 294 g/mol. The molecule has 0 aliphatic rings. The van der Waals surface area contributed by atoms with E-state index in [-0.39, 0.29) is 29.0 Å². The Morgan fingerprint density at radius 2 is 2.05 bits per heavy atom. The first kappa shape index (κ1) is 14.9. The Hall–Kier alpha value is -2.47. The highest BCUT2D eigenvalue weighted by Crippen LogP contribution is 2.24. The lowest BCUT2D eigenvalue weighted by atomic mass is 10.1. The number of anilines is 1. The van der Waals surface area contributed by atoms with E-state index in [2.05, 4.69) is 10.3 Å². The Kier molecular flexibility index (Phi) is 4.49. The topological polar surface area (TPSA) is 85.1 Å². The van der Waals surface area contributed by atoms with Crippen LogP contribution in [-0.4, -0.2) is 15.8 Å². The van der Waals surface area contributed by atoms with Gasteiger partial charge in [-0.05, 0) is 24.1 Å². The van der Waals surface area contributed by atoms with Crippen molar-refractivity contribution in [2.75, 3.05) is 5.32 Å². The van der Waals surface area contributed by atoms with Crippen LogP contribution in [0.25, 0.3) is 0 Å². The van der Waals surface area contributed by atoms with Crippen molar-refractivity contribution in [1.82, 2.24) is 4.98 Å². The van der Waals surface area contributed by atoms with Crippen molar-refractivity contribution in [3.63, 3.8) is 0 Å². The lowest BCUT2D eigenvalue weighted by Gasteiger charge is -2.07. The van der Waals surface area contributed by atoms with Gasteiger partial charge in [-0.25, -0.2) is 4.98 Å². The number of nitrogens with zero attached hydrogens (tertiary/aromatic N) is 2. The van der Waals surface area contributed by atoms with Gasteiger partial charge in [0.1, 0.15) is 5.15 Å². The molecule has 1 aromatic carbocycles. The predicted octanol–water partition coefficient (Wildman–Crippen LogP) is 3.13. The second-order valence-electron chi connectivity index (χ2n) is 4.41. The van der Waals surface area contributed by atoms with Gasteiger partial charge in [0, 0.05) is 6.07 Å². The molecule has 0 aliphatic heterocycles. The van der Waals surface area contributed by atoms with Gasteiger partial charge in [-0.1, -0.05) is 35.9 Å². The van der Waals surface area contributed by atoms with E-state index >= 15 is 0 Å². The minimum absolute atomic E-state index is 0.0757. The summed E-state index contributed by atoms with van der Waals surface area (Å²) in [5.41, 5.74) is 1.53. The van der Waals surface area contributed by atoms with Gasteiger partial charge in [-0.2, -0.15) is 0 Å². The molecule has 0 saturated heterocycles. The molecule has 0 unspecified atom stereocenters. The van der Waals surface area contributed by atoms with Crippen LogP contribution in [-0.2, 0) is 11.2 Å². The average molecular weight is 306 g/mol. The molecule has 0 aliphatic carbocycles. The lowest BCUT2D eigenvalue weighted by molar-refractivity contribution is -0.384. The van der Waals surface area contributed by atoms with Crippen LogP contribution in [0.1, 0.15) is 11.1 Å². The molecule has 1 aromatic heterocycles. The molecular formula is C14H12ClN3O3. The zero-order valence-corrected chi connectivity index (χ0v) is 11.9. The first-order valence-electron chi connectivity index (χ1n) is 6.12. The molecule has 0 bridgehead atoms.